The number of hydrogen-bond acceptors (Lipinski definition) is 6. The van der Waals surface area contributed by atoms with Gasteiger partial charge in [0.05, 0.1) is 10.9 Å². The van der Waals surface area contributed by atoms with Gasteiger partial charge in [-0.2, -0.15) is 4.31 Å². The Labute approximate surface area is 168 Å². The average molecular weight is 429 g/mol. The van der Waals surface area contributed by atoms with Gasteiger partial charge in [0.15, 0.2) is 0 Å². The standard InChI is InChI=1S/C17H21ClN4O3S2/c1-20(27(24,25)17-5-4-15(18)26-17)13-16(23)22-9-7-21(8-10-22)12-14-3-2-6-19-11-14/h2-6,11H,7-10,12-13H2,1H3. The van der Waals surface area contributed by atoms with Crippen LogP contribution in [0, 0.1) is 0 Å². The molecule has 3 rings (SSSR count). The van der Waals surface area contributed by atoms with E-state index in [4.69, 9.17) is 11.6 Å². The molecule has 3 heterocycles. The summed E-state index contributed by atoms with van der Waals surface area (Å²) in [7, 11) is -2.28. The van der Waals surface area contributed by atoms with Gasteiger partial charge in [0.2, 0.25) is 5.91 Å². The summed E-state index contributed by atoms with van der Waals surface area (Å²) in [4.78, 5) is 20.6. The van der Waals surface area contributed by atoms with Crippen molar-refractivity contribution in [1.82, 2.24) is 19.1 Å². The predicted octanol–water partition coefficient (Wildman–Crippen LogP) is 1.76. The molecule has 0 atom stereocenters. The number of pyridine rings is 1. The second kappa shape index (κ2) is 8.66. The van der Waals surface area contributed by atoms with Gasteiger partial charge in [0, 0.05) is 52.2 Å². The molecule has 0 saturated carbocycles. The minimum absolute atomic E-state index is 0.143. The van der Waals surface area contributed by atoms with E-state index in [1.807, 2.05) is 18.3 Å². The molecule has 1 saturated heterocycles. The van der Waals surface area contributed by atoms with Crippen molar-refractivity contribution in [3.63, 3.8) is 0 Å². The first-order chi connectivity index (χ1) is 12.9. The van der Waals surface area contributed by atoms with Crippen molar-refractivity contribution >= 4 is 38.9 Å². The predicted molar refractivity (Wildman–Crippen MR) is 105 cm³/mol. The van der Waals surface area contributed by atoms with E-state index in [1.165, 1.54) is 19.2 Å². The molecule has 0 aromatic carbocycles. The van der Waals surface area contributed by atoms with Gasteiger partial charge in [-0.15, -0.1) is 11.3 Å². The van der Waals surface area contributed by atoms with E-state index in [1.54, 1.807) is 11.1 Å². The van der Waals surface area contributed by atoms with Crippen LogP contribution in [0.15, 0.2) is 40.9 Å². The number of nitrogens with zero attached hydrogens (tertiary/aromatic N) is 4. The molecule has 0 unspecified atom stereocenters. The Morgan fingerprint density at radius 1 is 1.26 bits per heavy atom. The number of rotatable bonds is 6. The number of thiophene rings is 1. The third kappa shape index (κ3) is 5.05. The molecule has 0 radical (unpaired) electrons. The first kappa shape index (κ1) is 20.2. The molecule has 1 amide bonds. The molecule has 2 aromatic heterocycles. The van der Waals surface area contributed by atoms with Gasteiger partial charge in [-0.05, 0) is 23.8 Å². The van der Waals surface area contributed by atoms with Crippen LogP contribution in [0.3, 0.4) is 0 Å². The molecule has 0 N–H and O–H groups in total. The van der Waals surface area contributed by atoms with E-state index in [2.05, 4.69) is 9.88 Å². The van der Waals surface area contributed by atoms with Crippen molar-refractivity contribution in [3.8, 4) is 0 Å². The highest BCUT2D eigenvalue weighted by atomic mass is 35.5. The van der Waals surface area contributed by atoms with Gasteiger partial charge >= 0.3 is 0 Å². The first-order valence-corrected chi connectivity index (χ1v) is 11.1. The number of halogens is 1. The fraction of sp³-hybridized carbons (Fsp3) is 0.412. The van der Waals surface area contributed by atoms with Gasteiger partial charge in [0.1, 0.15) is 4.21 Å². The van der Waals surface area contributed by atoms with Crippen LogP contribution in [0.4, 0.5) is 0 Å². The van der Waals surface area contributed by atoms with Gasteiger partial charge in [-0.1, -0.05) is 17.7 Å². The van der Waals surface area contributed by atoms with E-state index in [0.717, 1.165) is 40.8 Å². The van der Waals surface area contributed by atoms with Crippen molar-refractivity contribution in [2.45, 2.75) is 10.8 Å². The second-order valence-corrected chi connectivity index (χ2v) is 10.3. The third-order valence-corrected chi connectivity index (χ3v) is 7.93. The summed E-state index contributed by atoms with van der Waals surface area (Å²) in [5.41, 5.74) is 1.14. The largest absolute Gasteiger partial charge is 0.339 e. The Morgan fingerprint density at radius 3 is 2.59 bits per heavy atom. The Morgan fingerprint density at radius 2 is 2.00 bits per heavy atom. The maximum absolute atomic E-state index is 12.5. The molecule has 146 valence electrons. The summed E-state index contributed by atoms with van der Waals surface area (Å²) in [6, 6.07) is 6.93. The minimum Gasteiger partial charge on any atom is -0.339 e. The van der Waals surface area contributed by atoms with Crippen molar-refractivity contribution in [2.75, 3.05) is 39.8 Å². The van der Waals surface area contributed by atoms with Gasteiger partial charge < -0.3 is 4.90 Å². The Kier molecular flexibility index (Phi) is 6.48. The molecular formula is C17H21ClN4O3S2. The monoisotopic (exact) mass is 428 g/mol. The van der Waals surface area contributed by atoms with Crippen LogP contribution in [0.25, 0.3) is 0 Å². The first-order valence-electron chi connectivity index (χ1n) is 8.47. The van der Waals surface area contributed by atoms with E-state index < -0.39 is 10.0 Å². The zero-order chi connectivity index (χ0) is 19.4. The number of amides is 1. The van der Waals surface area contributed by atoms with E-state index in [9.17, 15) is 13.2 Å². The second-order valence-electron chi connectivity index (χ2n) is 6.34. The van der Waals surface area contributed by atoms with E-state index in [0.29, 0.717) is 17.4 Å². The Hall–Kier alpha value is -1.52. The lowest BCUT2D eigenvalue weighted by molar-refractivity contribution is -0.133. The Balaban J connectivity index is 1.52. The van der Waals surface area contributed by atoms with Crippen molar-refractivity contribution in [1.29, 1.82) is 0 Å². The lowest BCUT2D eigenvalue weighted by Crippen LogP contribution is -2.51. The summed E-state index contributed by atoms with van der Waals surface area (Å²) < 4.78 is 26.7. The van der Waals surface area contributed by atoms with Crippen molar-refractivity contribution in [2.24, 2.45) is 0 Å². The van der Waals surface area contributed by atoms with Crippen molar-refractivity contribution in [3.05, 3.63) is 46.6 Å². The van der Waals surface area contributed by atoms with Crippen LogP contribution in [-0.4, -0.2) is 73.2 Å². The smallest absolute Gasteiger partial charge is 0.252 e. The minimum atomic E-state index is -3.70. The fourth-order valence-corrected chi connectivity index (χ4v) is 5.68. The highest BCUT2D eigenvalue weighted by Gasteiger charge is 2.28. The number of piperazine rings is 1. The highest BCUT2D eigenvalue weighted by molar-refractivity contribution is 7.91. The summed E-state index contributed by atoms with van der Waals surface area (Å²) >= 11 is 6.81. The average Bonchev–Trinajstić information content (AvgIpc) is 3.10. The maximum Gasteiger partial charge on any atom is 0.252 e. The molecule has 1 fully saturated rings. The van der Waals surface area contributed by atoms with Gasteiger partial charge in [-0.3, -0.25) is 14.7 Å². The lowest BCUT2D eigenvalue weighted by atomic mass is 10.2. The molecule has 27 heavy (non-hydrogen) atoms. The highest BCUT2D eigenvalue weighted by Crippen LogP contribution is 2.27. The van der Waals surface area contributed by atoms with Crippen LogP contribution < -0.4 is 0 Å². The number of likely N-dealkylation sites (N-methyl/N-ethyl adjacent to an activating group) is 1. The van der Waals surface area contributed by atoms with E-state index >= 15 is 0 Å². The Bertz CT molecular complexity index is 881. The number of carbonyl (C=O) groups is 1. The molecule has 0 aliphatic carbocycles. The molecule has 1 aliphatic rings. The van der Waals surface area contributed by atoms with Crippen LogP contribution in [-0.2, 0) is 21.4 Å². The number of carbonyl (C=O) groups excluding carboxylic acids is 1. The molecule has 0 bridgehead atoms. The zero-order valence-corrected chi connectivity index (χ0v) is 17.3. The molecule has 2 aromatic rings. The van der Waals surface area contributed by atoms with Crippen LogP contribution in [0.5, 0.6) is 0 Å². The molecule has 7 nitrogen and oxygen atoms in total. The topological polar surface area (TPSA) is 73.8 Å². The summed E-state index contributed by atoms with van der Waals surface area (Å²) in [5.74, 6) is -0.190. The van der Waals surface area contributed by atoms with Gasteiger partial charge in [0.25, 0.3) is 10.0 Å². The summed E-state index contributed by atoms with van der Waals surface area (Å²) in [5, 5.41) is 0. The lowest BCUT2D eigenvalue weighted by Gasteiger charge is -2.35. The zero-order valence-electron chi connectivity index (χ0n) is 14.9. The molecule has 10 heteroatoms. The van der Waals surface area contributed by atoms with E-state index in [-0.39, 0.29) is 16.7 Å². The van der Waals surface area contributed by atoms with Crippen LogP contribution >= 0.6 is 22.9 Å². The molecule has 0 spiro atoms. The fourth-order valence-electron chi connectivity index (χ4n) is 2.87. The summed E-state index contributed by atoms with van der Waals surface area (Å²) in [6.07, 6.45) is 3.59. The van der Waals surface area contributed by atoms with Crippen LogP contribution in [0.1, 0.15) is 5.56 Å². The number of aromatic nitrogens is 1. The number of hydrogen-bond donors (Lipinski definition) is 0. The number of sulfonamides is 1. The SMILES string of the molecule is CN(CC(=O)N1CCN(Cc2cccnc2)CC1)S(=O)(=O)c1ccc(Cl)s1. The summed E-state index contributed by atoms with van der Waals surface area (Å²) in [6.45, 7) is 3.27. The quantitative estimate of drug-likeness (QED) is 0.700. The third-order valence-electron chi connectivity index (χ3n) is 4.42. The van der Waals surface area contributed by atoms with Crippen molar-refractivity contribution < 1.29 is 13.2 Å². The van der Waals surface area contributed by atoms with Gasteiger partial charge in [-0.25, -0.2) is 8.42 Å². The maximum atomic E-state index is 12.5. The normalized spacial score (nSPS) is 16.0. The molecular weight excluding hydrogens is 408 g/mol. The molecule has 1 aliphatic heterocycles. The van der Waals surface area contributed by atoms with Crippen LogP contribution in [0.2, 0.25) is 4.34 Å².